The minimum absolute atomic E-state index is 0.0132. The minimum atomic E-state index is 0.0132. The maximum atomic E-state index is 11.8. The molecular formula is C15H32N4O2. The molecule has 6 nitrogen and oxygen atoms in total. The normalized spacial score (nSPS) is 12.8. The maximum Gasteiger partial charge on any atom is 0.222 e. The van der Waals surface area contributed by atoms with E-state index in [-0.39, 0.29) is 23.8 Å². The second-order valence-electron chi connectivity index (χ2n) is 6.23. The Hall–Kier alpha value is -1.14. The summed E-state index contributed by atoms with van der Waals surface area (Å²) in [5.41, 5.74) is 0. The van der Waals surface area contributed by atoms with Crippen LogP contribution in [0.2, 0.25) is 0 Å². The van der Waals surface area contributed by atoms with Crippen LogP contribution in [0.15, 0.2) is 0 Å². The van der Waals surface area contributed by atoms with E-state index in [1.807, 2.05) is 41.9 Å². The van der Waals surface area contributed by atoms with Gasteiger partial charge in [0.2, 0.25) is 11.8 Å². The fourth-order valence-electron chi connectivity index (χ4n) is 1.92. The molecule has 0 fully saturated rings. The van der Waals surface area contributed by atoms with Gasteiger partial charge in [0.1, 0.15) is 0 Å². The van der Waals surface area contributed by atoms with E-state index < -0.39 is 0 Å². The average Bonchev–Trinajstić information content (AvgIpc) is 2.34. The number of likely N-dealkylation sites (N-methyl/N-ethyl adjacent to an activating group) is 2. The molecule has 0 saturated heterocycles. The minimum Gasteiger partial charge on any atom is -0.355 e. The number of carbonyl (C=O) groups excluding carboxylic acids is 2. The molecule has 1 atom stereocenters. The highest BCUT2D eigenvalue weighted by atomic mass is 16.2. The highest BCUT2D eigenvalue weighted by molar-refractivity contribution is 5.77. The largest absolute Gasteiger partial charge is 0.355 e. The molecule has 21 heavy (non-hydrogen) atoms. The summed E-state index contributed by atoms with van der Waals surface area (Å²) in [6, 6.07) is 0.156. The topological polar surface area (TPSA) is 64.7 Å². The van der Waals surface area contributed by atoms with Crippen molar-refractivity contribution >= 4 is 11.8 Å². The Bertz CT molecular complexity index is 319. The molecule has 1 unspecified atom stereocenters. The Labute approximate surface area is 129 Å². The SMILES string of the molecule is CC(CN(C)C)NC(=O)CCN(C)CCNC(=O)C(C)C. The number of hydrogen-bond donors (Lipinski definition) is 2. The number of rotatable bonds is 10. The predicted molar refractivity (Wildman–Crippen MR) is 86.1 cm³/mol. The lowest BCUT2D eigenvalue weighted by atomic mass is 10.2. The van der Waals surface area contributed by atoms with Crippen molar-refractivity contribution in [2.24, 2.45) is 5.92 Å². The van der Waals surface area contributed by atoms with Gasteiger partial charge < -0.3 is 20.4 Å². The molecule has 0 spiro atoms. The summed E-state index contributed by atoms with van der Waals surface area (Å²) in [7, 11) is 5.93. The van der Waals surface area contributed by atoms with Gasteiger partial charge in [-0.15, -0.1) is 0 Å². The fraction of sp³-hybridized carbons (Fsp3) is 0.867. The number of amides is 2. The maximum absolute atomic E-state index is 11.8. The van der Waals surface area contributed by atoms with Crippen LogP contribution in [0.25, 0.3) is 0 Å². The average molecular weight is 300 g/mol. The van der Waals surface area contributed by atoms with Crippen molar-refractivity contribution in [3.8, 4) is 0 Å². The molecule has 0 aromatic carbocycles. The highest BCUT2D eigenvalue weighted by Crippen LogP contribution is 1.92. The molecule has 0 aromatic heterocycles. The van der Waals surface area contributed by atoms with Crippen molar-refractivity contribution in [1.29, 1.82) is 0 Å². The van der Waals surface area contributed by atoms with E-state index in [1.165, 1.54) is 0 Å². The summed E-state index contributed by atoms with van der Waals surface area (Å²) in [6.45, 7) is 8.64. The van der Waals surface area contributed by atoms with Gasteiger partial charge >= 0.3 is 0 Å². The smallest absolute Gasteiger partial charge is 0.222 e. The Morgan fingerprint density at radius 1 is 1.05 bits per heavy atom. The summed E-state index contributed by atoms with van der Waals surface area (Å²) in [6.07, 6.45) is 0.479. The molecule has 2 N–H and O–H groups in total. The monoisotopic (exact) mass is 300 g/mol. The van der Waals surface area contributed by atoms with Gasteiger partial charge in [-0.3, -0.25) is 9.59 Å². The van der Waals surface area contributed by atoms with Crippen LogP contribution >= 0.6 is 0 Å². The van der Waals surface area contributed by atoms with Crippen molar-refractivity contribution < 1.29 is 9.59 Å². The van der Waals surface area contributed by atoms with E-state index in [4.69, 9.17) is 0 Å². The van der Waals surface area contributed by atoms with Crippen LogP contribution in [0.1, 0.15) is 27.2 Å². The molecule has 0 radical (unpaired) electrons. The van der Waals surface area contributed by atoms with E-state index in [1.54, 1.807) is 0 Å². The van der Waals surface area contributed by atoms with Crippen molar-refractivity contribution in [1.82, 2.24) is 20.4 Å². The lowest BCUT2D eigenvalue weighted by molar-refractivity contribution is -0.124. The first-order valence-corrected chi connectivity index (χ1v) is 7.62. The van der Waals surface area contributed by atoms with Crippen molar-refractivity contribution in [2.45, 2.75) is 33.2 Å². The van der Waals surface area contributed by atoms with Gasteiger partial charge in [0.15, 0.2) is 0 Å². The molecule has 0 aliphatic heterocycles. The molecule has 0 aliphatic carbocycles. The molecule has 0 rings (SSSR count). The highest BCUT2D eigenvalue weighted by Gasteiger charge is 2.10. The predicted octanol–water partition coefficient (Wildman–Crippen LogP) is 0.147. The second kappa shape index (κ2) is 10.6. The van der Waals surface area contributed by atoms with E-state index in [2.05, 4.69) is 20.4 Å². The standard InChI is InChI=1S/C15H32N4O2/c1-12(2)15(21)16-8-10-19(6)9-7-14(20)17-13(3)11-18(4)5/h12-13H,7-11H2,1-6H3,(H,16,21)(H,17,20). The third kappa shape index (κ3) is 11.2. The number of nitrogens with zero attached hydrogens (tertiary/aromatic N) is 2. The molecule has 2 amide bonds. The Morgan fingerprint density at radius 3 is 2.19 bits per heavy atom. The molecule has 0 saturated carbocycles. The lowest BCUT2D eigenvalue weighted by Gasteiger charge is -2.20. The first kappa shape index (κ1) is 19.9. The zero-order chi connectivity index (χ0) is 16.4. The van der Waals surface area contributed by atoms with Crippen LogP contribution in [0, 0.1) is 5.92 Å². The molecule has 0 aromatic rings. The van der Waals surface area contributed by atoms with E-state index in [0.29, 0.717) is 19.5 Å². The fourth-order valence-corrected chi connectivity index (χ4v) is 1.92. The molecule has 0 heterocycles. The summed E-state index contributed by atoms with van der Waals surface area (Å²) >= 11 is 0. The first-order valence-electron chi connectivity index (χ1n) is 7.62. The van der Waals surface area contributed by atoms with Crippen molar-refractivity contribution in [3.05, 3.63) is 0 Å². The molecular weight excluding hydrogens is 268 g/mol. The molecule has 0 bridgehead atoms. The zero-order valence-electron chi connectivity index (χ0n) is 14.4. The van der Waals surface area contributed by atoms with Crippen LogP contribution in [-0.2, 0) is 9.59 Å². The second-order valence-corrected chi connectivity index (χ2v) is 6.23. The Morgan fingerprint density at radius 2 is 1.67 bits per heavy atom. The third-order valence-corrected chi connectivity index (χ3v) is 3.08. The number of carbonyl (C=O) groups is 2. The summed E-state index contributed by atoms with van der Waals surface area (Å²) in [4.78, 5) is 27.3. The van der Waals surface area contributed by atoms with Crippen molar-refractivity contribution in [2.75, 3.05) is 47.3 Å². The number of hydrogen-bond acceptors (Lipinski definition) is 4. The lowest BCUT2D eigenvalue weighted by Crippen LogP contribution is -2.41. The van der Waals surface area contributed by atoms with Gasteiger partial charge in [-0.05, 0) is 28.1 Å². The Kier molecular flexibility index (Phi) is 9.99. The van der Waals surface area contributed by atoms with Gasteiger partial charge in [0.05, 0.1) is 0 Å². The van der Waals surface area contributed by atoms with Gasteiger partial charge in [-0.1, -0.05) is 13.8 Å². The first-order chi connectivity index (χ1) is 9.72. The number of nitrogens with one attached hydrogen (secondary N) is 2. The summed E-state index contributed by atoms with van der Waals surface area (Å²) < 4.78 is 0. The summed E-state index contributed by atoms with van der Waals surface area (Å²) in [5, 5.41) is 5.85. The third-order valence-electron chi connectivity index (χ3n) is 3.08. The van der Waals surface area contributed by atoms with E-state index in [9.17, 15) is 9.59 Å². The van der Waals surface area contributed by atoms with Gasteiger partial charge in [-0.25, -0.2) is 0 Å². The van der Waals surface area contributed by atoms with Crippen LogP contribution in [0.3, 0.4) is 0 Å². The molecule has 0 aliphatic rings. The van der Waals surface area contributed by atoms with Gasteiger partial charge in [0.25, 0.3) is 0 Å². The molecule has 124 valence electrons. The van der Waals surface area contributed by atoms with Crippen LogP contribution < -0.4 is 10.6 Å². The summed E-state index contributed by atoms with van der Waals surface area (Å²) in [5.74, 6) is 0.153. The molecule has 6 heteroatoms. The van der Waals surface area contributed by atoms with Crippen LogP contribution in [-0.4, -0.2) is 75.0 Å². The van der Waals surface area contributed by atoms with Gasteiger partial charge in [0, 0.05) is 44.6 Å². The Balaban J connectivity index is 3.75. The van der Waals surface area contributed by atoms with Crippen LogP contribution in [0.5, 0.6) is 0 Å². The van der Waals surface area contributed by atoms with Crippen molar-refractivity contribution in [3.63, 3.8) is 0 Å². The quantitative estimate of drug-likeness (QED) is 0.603. The van der Waals surface area contributed by atoms with Crippen LogP contribution in [0.4, 0.5) is 0 Å². The van der Waals surface area contributed by atoms with E-state index in [0.717, 1.165) is 13.1 Å². The van der Waals surface area contributed by atoms with E-state index >= 15 is 0 Å². The van der Waals surface area contributed by atoms with Gasteiger partial charge in [-0.2, -0.15) is 0 Å². The zero-order valence-corrected chi connectivity index (χ0v) is 14.4.